The standard InChI is InChI=1S/C11H18N4OS/c1-17-8-3-2-7-13-11(16)9-5-4-6-10(14-9)15-12/h4-6H,2-3,7-8,12H2,1H3,(H,13,16)(H,14,15). The summed E-state index contributed by atoms with van der Waals surface area (Å²) in [5.74, 6) is 6.68. The van der Waals surface area contributed by atoms with Gasteiger partial charge in [-0.3, -0.25) is 4.79 Å². The van der Waals surface area contributed by atoms with E-state index in [0.717, 1.165) is 18.6 Å². The maximum atomic E-state index is 11.7. The maximum Gasteiger partial charge on any atom is 0.269 e. The number of pyridine rings is 1. The summed E-state index contributed by atoms with van der Waals surface area (Å²) in [5, 5.41) is 2.83. The van der Waals surface area contributed by atoms with Crippen molar-refractivity contribution in [2.75, 3.05) is 24.0 Å². The summed E-state index contributed by atoms with van der Waals surface area (Å²) in [6.07, 6.45) is 4.18. The van der Waals surface area contributed by atoms with Crippen LogP contribution in [0.15, 0.2) is 18.2 Å². The molecule has 0 atom stereocenters. The smallest absolute Gasteiger partial charge is 0.269 e. The molecule has 0 bridgehead atoms. The van der Waals surface area contributed by atoms with Gasteiger partial charge in [-0.25, -0.2) is 10.8 Å². The van der Waals surface area contributed by atoms with Crippen molar-refractivity contribution >= 4 is 23.5 Å². The quantitative estimate of drug-likeness (QED) is 0.387. The molecule has 1 heterocycles. The Bertz CT molecular complexity index is 359. The van der Waals surface area contributed by atoms with Crippen LogP contribution in [0.4, 0.5) is 5.82 Å². The zero-order valence-electron chi connectivity index (χ0n) is 9.90. The molecule has 4 N–H and O–H groups in total. The van der Waals surface area contributed by atoms with Gasteiger partial charge in [-0.2, -0.15) is 11.8 Å². The molecule has 0 saturated heterocycles. The molecule has 94 valence electrons. The van der Waals surface area contributed by atoms with Crippen LogP contribution in [0, 0.1) is 0 Å². The molecule has 0 aliphatic rings. The summed E-state index contributed by atoms with van der Waals surface area (Å²) in [4.78, 5) is 15.8. The summed E-state index contributed by atoms with van der Waals surface area (Å²) in [5.41, 5.74) is 2.79. The highest BCUT2D eigenvalue weighted by atomic mass is 32.2. The number of nitrogens with one attached hydrogen (secondary N) is 2. The predicted molar refractivity (Wildman–Crippen MR) is 72.0 cm³/mol. The number of hydrogen-bond donors (Lipinski definition) is 3. The van der Waals surface area contributed by atoms with Crippen LogP contribution in [-0.4, -0.2) is 29.4 Å². The molecule has 0 radical (unpaired) electrons. The van der Waals surface area contributed by atoms with Crippen LogP contribution in [-0.2, 0) is 0 Å². The SMILES string of the molecule is CSCCCCNC(=O)c1cccc(NN)n1. The lowest BCUT2D eigenvalue weighted by atomic mass is 10.3. The Balaban J connectivity index is 2.36. The number of unbranched alkanes of at least 4 members (excludes halogenated alkanes) is 1. The number of aromatic nitrogens is 1. The average Bonchev–Trinajstić information content (AvgIpc) is 2.38. The van der Waals surface area contributed by atoms with Crippen molar-refractivity contribution < 1.29 is 4.79 Å². The topological polar surface area (TPSA) is 80.0 Å². The van der Waals surface area contributed by atoms with E-state index in [1.807, 2.05) is 11.8 Å². The van der Waals surface area contributed by atoms with Crippen LogP contribution >= 0.6 is 11.8 Å². The molecule has 0 aliphatic heterocycles. The van der Waals surface area contributed by atoms with Crippen LogP contribution < -0.4 is 16.6 Å². The number of carbonyl (C=O) groups excluding carboxylic acids is 1. The van der Waals surface area contributed by atoms with E-state index >= 15 is 0 Å². The number of anilines is 1. The van der Waals surface area contributed by atoms with Gasteiger partial charge >= 0.3 is 0 Å². The van der Waals surface area contributed by atoms with E-state index < -0.39 is 0 Å². The van der Waals surface area contributed by atoms with Crippen molar-refractivity contribution in [3.05, 3.63) is 23.9 Å². The Kier molecular flexibility index (Phi) is 6.42. The summed E-state index contributed by atoms with van der Waals surface area (Å²) in [6, 6.07) is 5.11. The Hall–Kier alpha value is -1.27. The number of nitrogen functional groups attached to an aromatic ring is 1. The average molecular weight is 254 g/mol. The van der Waals surface area contributed by atoms with E-state index in [-0.39, 0.29) is 5.91 Å². The van der Waals surface area contributed by atoms with Crippen molar-refractivity contribution in [2.45, 2.75) is 12.8 Å². The molecule has 0 aliphatic carbocycles. The first-order valence-electron chi connectivity index (χ1n) is 5.48. The van der Waals surface area contributed by atoms with Gasteiger partial charge in [0, 0.05) is 6.54 Å². The van der Waals surface area contributed by atoms with Gasteiger partial charge in [-0.1, -0.05) is 6.07 Å². The van der Waals surface area contributed by atoms with E-state index in [9.17, 15) is 4.79 Å². The highest BCUT2D eigenvalue weighted by molar-refractivity contribution is 7.98. The molecule has 6 heteroatoms. The summed E-state index contributed by atoms with van der Waals surface area (Å²) in [7, 11) is 0. The molecule has 0 saturated carbocycles. The van der Waals surface area contributed by atoms with Crippen molar-refractivity contribution in [2.24, 2.45) is 5.84 Å². The van der Waals surface area contributed by atoms with Crippen molar-refractivity contribution in [1.29, 1.82) is 0 Å². The number of nitrogens with zero attached hydrogens (tertiary/aromatic N) is 1. The zero-order chi connectivity index (χ0) is 12.5. The lowest BCUT2D eigenvalue weighted by molar-refractivity contribution is 0.0948. The molecule has 5 nitrogen and oxygen atoms in total. The second-order valence-corrected chi connectivity index (χ2v) is 4.49. The molecule has 1 aromatic heterocycles. The van der Waals surface area contributed by atoms with Gasteiger partial charge in [0.15, 0.2) is 0 Å². The molecule has 0 spiro atoms. The largest absolute Gasteiger partial charge is 0.351 e. The van der Waals surface area contributed by atoms with E-state index in [1.165, 1.54) is 0 Å². The predicted octanol–water partition coefficient (Wildman–Crippen LogP) is 1.24. The van der Waals surface area contributed by atoms with Gasteiger partial charge in [0.25, 0.3) is 5.91 Å². The van der Waals surface area contributed by atoms with Gasteiger partial charge in [0.05, 0.1) is 0 Å². The maximum absolute atomic E-state index is 11.7. The fraction of sp³-hybridized carbons (Fsp3) is 0.455. The first kappa shape index (κ1) is 13.8. The number of amides is 1. The summed E-state index contributed by atoms with van der Waals surface area (Å²) >= 11 is 1.81. The Labute approximate surface area is 106 Å². The minimum Gasteiger partial charge on any atom is -0.351 e. The summed E-state index contributed by atoms with van der Waals surface area (Å²) < 4.78 is 0. The Morgan fingerprint density at radius 3 is 3.00 bits per heavy atom. The summed E-state index contributed by atoms with van der Waals surface area (Å²) in [6.45, 7) is 0.682. The van der Waals surface area contributed by atoms with E-state index in [0.29, 0.717) is 18.1 Å². The van der Waals surface area contributed by atoms with Crippen molar-refractivity contribution in [3.8, 4) is 0 Å². The minimum absolute atomic E-state index is 0.161. The monoisotopic (exact) mass is 254 g/mol. The number of rotatable bonds is 7. The molecule has 17 heavy (non-hydrogen) atoms. The minimum atomic E-state index is -0.161. The highest BCUT2D eigenvalue weighted by Gasteiger charge is 2.06. The third-order valence-electron chi connectivity index (χ3n) is 2.19. The van der Waals surface area contributed by atoms with Crippen LogP contribution in [0.5, 0.6) is 0 Å². The molecule has 0 aromatic carbocycles. The zero-order valence-corrected chi connectivity index (χ0v) is 10.7. The van der Waals surface area contributed by atoms with Crippen molar-refractivity contribution in [3.63, 3.8) is 0 Å². The molecule has 0 unspecified atom stereocenters. The van der Waals surface area contributed by atoms with Gasteiger partial charge in [-0.15, -0.1) is 0 Å². The molecule has 1 aromatic rings. The third kappa shape index (κ3) is 5.06. The number of nitrogens with two attached hydrogens (primary N) is 1. The second-order valence-electron chi connectivity index (χ2n) is 3.51. The lowest BCUT2D eigenvalue weighted by Gasteiger charge is -2.05. The first-order chi connectivity index (χ1) is 8.27. The number of hydrazine groups is 1. The number of hydrogen-bond acceptors (Lipinski definition) is 5. The Morgan fingerprint density at radius 1 is 1.47 bits per heavy atom. The third-order valence-corrected chi connectivity index (χ3v) is 2.89. The van der Waals surface area contributed by atoms with Gasteiger partial charge in [0.1, 0.15) is 11.5 Å². The van der Waals surface area contributed by atoms with Crippen LogP contribution in [0.1, 0.15) is 23.3 Å². The molecule has 1 amide bonds. The van der Waals surface area contributed by atoms with E-state index in [2.05, 4.69) is 22.0 Å². The Morgan fingerprint density at radius 2 is 2.29 bits per heavy atom. The fourth-order valence-corrected chi connectivity index (χ4v) is 1.80. The first-order valence-corrected chi connectivity index (χ1v) is 6.88. The lowest BCUT2D eigenvalue weighted by Crippen LogP contribution is -2.25. The number of carbonyl (C=O) groups is 1. The van der Waals surface area contributed by atoms with E-state index in [4.69, 9.17) is 5.84 Å². The van der Waals surface area contributed by atoms with Crippen molar-refractivity contribution in [1.82, 2.24) is 10.3 Å². The molecular formula is C11H18N4OS. The number of thioether (sulfide) groups is 1. The highest BCUT2D eigenvalue weighted by Crippen LogP contribution is 2.03. The van der Waals surface area contributed by atoms with Gasteiger partial charge < -0.3 is 10.7 Å². The van der Waals surface area contributed by atoms with Crippen LogP contribution in [0.25, 0.3) is 0 Å². The second kappa shape index (κ2) is 7.92. The normalized spacial score (nSPS) is 10.0. The fourth-order valence-electron chi connectivity index (χ4n) is 1.31. The molecule has 1 rings (SSSR count). The molecule has 0 fully saturated rings. The van der Waals surface area contributed by atoms with Gasteiger partial charge in [-0.05, 0) is 37.0 Å². The van der Waals surface area contributed by atoms with E-state index in [1.54, 1.807) is 18.2 Å². The van der Waals surface area contributed by atoms with Gasteiger partial charge in [0.2, 0.25) is 0 Å². The molecular weight excluding hydrogens is 236 g/mol. The van der Waals surface area contributed by atoms with Crippen LogP contribution in [0.2, 0.25) is 0 Å². The van der Waals surface area contributed by atoms with Crippen LogP contribution in [0.3, 0.4) is 0 Å².